The molecule has 0 aliphatic rings. The monoisotopic (exact) mass is 296 g/mol. The van der Waals surface area contributed by atoms with Crippen molar-refractivity contribution in [3.63, 3.8) is 0 Å². The summed E-state index contributed by atoms with van der Waals surface area (Å²) in [6.07, 6.45) is 4.70. The molecule has 0 radical (unpaired) electrons. The van der Waals surface area contributed by atoms with Crippen LogP contribution >= 0.6 is 0 Å². The quantitative estimate of drug-likeness (QED) is 0.673. The minimum Gasteiger partial charge on any atom is -0.503 e. The van der Waals surface area contributed by atoms with Gasteiger partial charge in [-0.25, -0.2) is 0 Å². The normalized spacial score (nSPS) is 11.2. The van der Waals surface area contributed by atoms with Crippen LogP contribution in [0.1, 0.15) is 38.8 Å². The maximum atomic E-state index is 11.7. The standard InChI is InChI=1S/C16H28N2O3/c1-4-6-8-17(3)12-14-11-15(19)16(20)13-18(14)9-7-10-21-5-2/h11,13,20H,4-10,12H2,1-3H3. The number of hydrogen-bond acceptors (Lipinski definition) is 4. The number of aromatic nitrogens is 1. The average Bonchev–Trinajstić information content (AvgIpc) is 2.46. The van der Waals surface area contributed by atoms with Crippen LogP contribution in [-0.2, 0) is 17.8 Å². The lowest BCUT2D eigenvalue weighted by molar-refractivity contribution is 0.141. The molecule has 0 aliphatic heterocycles. The van der Waals surface area contributed by atoms with Crippen molar-refractivity contribution in [2.24, 2.45) is 0 Å². The van der Waals surface area contributed by atoms with Crippen LogP contribution in [0.3, 0.4) is 0 Å². The Bertz CT molecular complexity index is 471. The zero-order valence-corrected chi connectivity index (χ0v) is 13.5. The molecule has 0 unspecified atom stereocenters. The van der Waals surface area contributed by atoms with Gasteiger partial charge in [-0.15, -0.1) is 0 Å². The molecular weight excluding hydrogens is 268 g/mol. The third-order valence-electron chi connectivity index (χ3n) is 3.41. The molecule has 5 heteroatoms. The first-order valence-corrected chi connectivity index (χ1v) is 7.77. The van der Waals surface area contributed by atoms with Crippen LogP contribution in [0.2, 0.25) is 0 Å². The molecule has 0 aromatic carbocycles. The fourth-order valence-electron chi connectivity index (χ4n) is 2.21. The smallest absolute Gasteiger partial charge is 0.223 e. The van der Waals surface area contributed by atoms with Crippen molar-refractivity contribution in [3.8, 4) is 5.75 Å². The minimum atomic E-state index is -0.310. The lowest BCUT2D eigenvalue weighted by Gasteiger charge is -2.20. The van der Waals surface area contributed by atoms with E-state index >= 15 is 0 Å². The number of ether oxygens (including phenoxy) is 1. The molecule has 5 nitrogen and oxygen atoms in total. The predicted octanol–water partition coefficient (Wildman–Crippen LogP) is 2.21. The van der Waals surface area contributed by atoms with Crippen LogP contribution < -0.4 is 5.43 Å². The summed E-state index contributed by atoms with van der Waals surface area (Å²) in [7, 11) is 2.05. The van der Waals surface area contributed by atoms with Crippen LogP contribution in [0.5, 0.6) is 5.75 Å². The van der Waals surface area contributed by atoms with Gasteiger partial charge in [-0.05, 0) is 33.4 Å². The predicted molar refractivity (Wildman–Crippen MR) is 84.7 cm³/mol. The number of aromatic hydroxyl groups is 1. The summed E-state index contributed by atoms with van der Waals surface area (Å²) in [6.45, 7) is 7.99. The number of pyridine rings is 1. The molecule has 0 bridgehead atoms. The molecule has 1 N–H and O–H groups in total. The van der Waals surface area contributed by atoms with Crippen LogP contribution in [0, 0.1) is 0 Å². The van der Waals surface area contributed by atoms with Crippen molar-refractivity contribution in [1.29, 1.82) is 0 Å². The molecule has 0 atom stereocenters. The van der Waals surface area contributed by atoms with Crippen LogP contribution in [-0.4, -0.2) is 41.4 Å². The van der Waals surface area contributed by atoms with Crippen molar-refractivity contribution in [1.82, 2.24) is 9.47 Å². The largest absolute Gasteiger partial charge is 0.503 e. The van der Waals surface area contributed by atoms with Gasteiger partial charge >= 0.3 is 0 Å². The molecular formula is C16H28N2O3. The number of aryl methyl sites for hydroxylation is 1. The maximum absolute atomic E-state index is 11.7. The van der Waals surface area contributed by atoms with Crippen molar-refractivity contribution in [2.45, 2.75) is 46.2 Å². The fourth-order valence-corrected chi connectivity index (χ4v) is 2.21. The van der Waals surface area contributed by atoms with E-state index in [9.17, 15) is 9.90 Å². The lowest BCUT2D eigenvalue weighted by Crippen LogP contribution is -2.23. The highest BCUT2D eigenvalue weighted by Gasteiger charge is 2.08. The van der Waals surface area contributed by atoms with Crippen molar-refractivity contribution in [3.05, 3.63) is 28.2 Å². The summed E-state index contributed by atoms with van der Waals surface area (Å²) in [6, 6.07) is 1.54. The van der Waals surface area contributed by atoms with E-state index < -0.39 is 0 Å². The third kappa shape index (κ3) is 6.31. The Morgan fingerprint density at radius 3 is 2.76 bits per heavy atom. The zero-order valence-electron chi connectivity index (χ0n) is 13.5. The Balaban J connectivity index is 2.74. The summed E-state index contributed by atoms with van der Waals surface area (Å²) in [5, 5.41) is 9.62. The first-order chi connectivity index (χ1) is 10.1. The summed E-state index contributed by atoms with van der Waals surface area (Å²) < 4.78 is 7.29. The summed E-state index contributed by atoms with van der Waals surface area (Å²) in [5.74, 6) is -0.189. The molecule has 1 aromatic heterocycles. The van der Waals surface area contributed by atoms with E-state index in [1.165, 1.54) is 6.20 Å². The van der Waals surface area contributed by atoms with E-state index in [4.69, 9.17) is 4.74 Å². The van der Waals surface area contributed by atoms with Crippen molar-refractivity contribution >= 4 is 0 Å². The van der Waals surface area contributed by atoms with Gasteiger partial charge in [0.15, 0.2) is 5.75 Å². The van der Waals surface area contributed by atoms with E-state index in [2.05, 4.69) is 18.9 Å². The maximum Gasteiger partial charge on any atom is 0.223 e. The number of unbranched alkanes of at least 4 members (excludes halogenated alkanes) is 1. The Morgan fingerprint density at radius 1 is 1.33 bits per heavy atom. The van der Waals surface area contributed by atoms with Crippen LogP contribution in [0.4, 0.5) is 0 Å². The second-order valence-electron chi connectivity index (χ2n) is 5.35. The molecule has 0 saturated carbocycles. The second kappa shape index (κ2) is 9.58. The van der Waals surface area contributed by atoms with Gasteiger partial charge in [0.05, 0.1) is 6.20 Å². The minimum absolute atomic E-state index is 0.189. The SMILES string of the molecule is CCCCN(C)Cc1cc(=O)c(O)cn1CCCOCC. The molecule has 1 aromatic rings. The van der Waals surface area contributed by atoms with Crippen molar-refractivity contribution in [2.75, 3.05) is 26.8 Å². The van der Waals surface area contributed by atoms with Crippen LogP contribution in [0.15, 0.2) is 17.1 Å². The topological polar surface area (TPSA) is 54.7 Å². The number of hydrogen-bond donors (Lipinski definition) is 1. The van der Waals surface area contributed by atoms with Gasteiger partial charge < -0.3 is 19.3 Å². The first-order valence-electron chi connectivity index (χ1n) is 7.77. The lowest BCUT2D eigenvalue weighted by atomic mass is 10.2. The molecule has 120 valence electrons. The molecule has 0 amide bonds. The zero-order chi connectivity index (χ0) is 15.7. The van der Waals surface area contributed by atoms with Gasteiger partial charge in [-0.2, -0.15) is 0 Å². The summed E-state index contributed by atoms with van der Waals surface area (Å²) in [5.41, 5.74) is 0.628. The Kier molecular flexibility index (Phi) is 8.08. The highest BCUT2D eigenvalue weighted by Crippen LogP contribution is 2.09. The number of nitrogens with zero attached hydrogens (tertiary/aromatic N) is 2. The van der Waals surface area contributed by atoms with E-state index in [-0.39, 0.29) is 11.2 Å². The molecule has 0 spiro atoms. The first kappa shape index (κ1) is 17.7. The van der Waals surface area contributed by atoms with E-state index in [1.807, 2.05) is 11.5 Å². The van der Waals surface area contributed by atoms with Gasteiger partial charge in [-0.1, -0.05) is 13.3 Å². The third-order valence-corrected chi connectivity index (χ3v) is 3.41. The van der Waals surface area contributed by atoms with E-state index in [0.717, 1.165) is 38.0 Å². The Morgan fingerprint density at radius 2 is 2.10 bits per heavy atom. The molecule has 21 heavy (non-hydrogen) atoms. The van der Waals surface area contributed by atoms with Crippen LogP contribution in [0.25, 0.3) is 0 Å². The summed E-state index contributed by atoms with van der Waals surface area (Å²) in [4.78, 5) is 13.9. The highest BCUT2D eigenvalue weighted by atomic mass is 16.5. The van der Waals surface area contributed by atoms with E-state index in [1.54, 1.807) is 6.07 Å². The molecule has 0 saturated heterocycles. The second-order valence-corrected chi connectivity index (χ2v) is 5.35. The van der Waals surface area contributed by atoms with Gasteiger partial charge in [0.2, 0.25) is 5.43 Å². The highest BCUT2D eigenvalue weighted by molar-refractivity contribution is 5.20. The van der Waals surface area contributed by atoms with E-state index in [0.29, 0.717) is 19.8 Å². The van der Waals surface area contributed by atoms with Crippen molar-refractivity contribution < 1.29 is 9.84 Å². The Labute approximate surface area is 127 Å². The van der Waals surface area contributed by atoms with Gasteiger partial charge in [0.25, 0.3) is 0 Å². The molecule has 0 aliphatic carbocycles. The Hall–Kier alpha value is -1.33. The van der Waals surface area contributed by atoms with Gasteiger partial charge in [0, 0.05) is 38.1 Å². The fraction of sp³-hybridized carbons (Fsp3) is 0.688. The number of rotatable bonds is 10. The van der Waals surface area contributed by atoms with Gasteiger partial charge in [0.1, 0.15) is 0 Å². The summed E-state index contributed by atoms with van der Waals surface area (Å²) >= 11 is 0. The molecule has 1 rings (SSSR count). The molecule has 1 heterocycles. The van der Waals surface area contributed by atoms with Gasteiger partial charge in [-0.3, -0.25) is 4.79 Å². The average molecular weight is 296 g/mol. The molecule has 0 fully saturated rings.